The van der Waals surface area contributed by atoms with Gasteiger partial charge in [-0.1, -0.05) is 0 Å². The molecule has 0 bridgehead atoms. The van der Waals surface area contributed by atoms with E-state index in [1.54, 1.807) is 4.90 Å². The van der Waals surface area contributed by atoms with Crippen LogP contribution in [-0.2, 0) is 14.8 Å². The second-order valence-corrected chi connectivity index (χ2v) is 7.26. The summed E-state index contributed by atoms with van der Waals surface area (Å²) in [5, 5.41) is 0. The Kier molecular flexibility index (Phi) is 3.37. The SMILES string of the molecule is Nc1ccc(S(=O)(=O)N2CCN3C(=O)CCC3C2)cc1F. The second kappa shape index (κ2) is 4.96. The Morgan fingerprint density at radius 3 is 2.76 bits per heavy atom. The second-order valence-electron chi connectivity index (χ2n) is 5.33. The molecule has 2 N–H and O–H groups in total. The predicted octanol–water partition coefficient (Wildman–Crippen LogP) is 0.403. The van der Waals surface area contributed by atoms with Gasteiger partial charge in [0.2, 0.25) is 15.9 Å². The van der Waals surface area contributed by atoms with E-state index >= 15 is 0 Å². The van der Waals surface area contributed by atoms with Gasteiger partial charge in [-0.3, -0.25) is 4.79 Å². The van der Waals surface area contributed by atoms with Gasteiger partial charge < -0.3 is 10.6 Å². The molecule has 1 unspecified atom stereocenters. The molecule has 1 aromatic carbocycles. The van der Waals surface area contributed by atoms with Crippen LogP contribution in [0.15, 0.2) is 23.1 Å². The summed E-state index contributed by atoms with van der Waals surface area (Å²) in [6.07, 6.45) is 1.13. The molecule has 1 amide bonds. The van der Waals surface area contributed by atoms with E-state index in [-0.39, 0.29) is 35.6 Å². The van der Waals surface area contributed by atoms with Crippen LogP contribution in [-0.4, -0.2) is 49.2 Å². The third-order valence-corrected chi connectivity index (χ3v) is 5.93. The normalized spacial score (nSPS) is 23.4. The number of amides is 1. The average molecular weight is 313 g/mol. The molecule has 2 heterocycles. The van der Waals surface area contributed by atoms with E-state index in [2.05, 4.69) is 0 Å². The lowest BCUT2D eigenvalue weighted by Gasteiger charge is -2.36. The lowest BCUT2D eigenvalue weighted by atomic mass is 10.2. The first-order chi connectivity index (χ1) is 9.89. The van der Waals surface area contributed by atoms with Crippen molar-refractivity contribution in [2.75, 3.05) is 25.4 Å². The Hall–Kier alpha value is -1.67. The van der Waals surface area contributed by atoms with Crippen molar-refractivity contribution in [2.45, 2.75) is 23.8 Å². The maximum Gasteiger partial charge on any atom is 0.243 e. The monoisotopic (exact) mass is 313 g/mol. The van der Waals surface area contributed by atoms with Gasteiger partial charge in [0.1, 0.15) is 5.82 Å². The van der Waals surface area contributed by atoms with Crippen LogP contribution in [0.4, 0.5) is 10.1 Å². The van der Waals surface area contributed by atoms with Gasteiger partial charge >= 0.3 is 0 Å². The van der Waals surface area contributed by atoms with Gasteiger partial charge in [0.15, 0.2) is 0 Å². The number of nitrogen functional groups attached to an aromatic ring is 1. The fraction of sp³-hybridized carbons (Fsp3) is 0.462. The molecule has 2 aliphatic rings. The summed E-state index contributed by atoms with van der Waals surface area (Å²) in [5.41, 5.74) is 5.29. The van der Waals surface area contributed by atoms with Crippen molar-refractivity contribution in [3.63, 3.8) is 0 Å². The Morgan fingerprint density at radius 1 is 1.29 bits per heavy atom. The molecule has 0 spiro atoms. The van der Waals surface area contributed by atoms with Crippen LogP contribution in [0.2, 0.25) is 0 Å². The molecule has 2 aliphatic heterocycles. The molecular formula is C13H16FN3O3S. The Balaban J connectivity index is 1.85. The molecule has 0 radical (unpaired) electrons. The van der Waals surface area contributed by atoms with E-state index in [1.165, 1.54) is 16.4 Å². The third-order valence-electron chi connectivity index (χ3n) is 4.07. The van der Waals surface area contributed by atoms with Crippen LogP contribution in [0.25, 0.3) is 0 Å². The highest BCUT2D eigenvalue weighted by Gasteiger charge is 2.39. The van der Waals surface area contributed by atoms with Crippen molar-refractivity contribution >= 4 is 21.6 Å². The first-order valence-electron chi connectivity index (χ1n) is 6.74. The van der Waals surface area contributed by atoms with Crippen LogP contribution in [0, 0.1) is 5.82 Å². The maximum atomic E-state index is 13.5. The average Bonchev–Trinajstić information content (AvgIpc) is 2.83. The first-order valence-corrected chi connectivity index (χ1v) is 8.18. The summed E-state index contributed by atoms with van der Waals surface area (Å²) in [6, 6.07) is 3.42. The number of anilines is 1. The molecule has 21 heavy (non-hydrogen) atoms. The minimum atomic E-state index is -3.76. The summed E-state index contributed by atoms with van der Waals surface area (Å²) in [4.78, 5) is 13.2. The van der Waals surface area contributed by atoms with Crippen LogP contribution < -0.4 is 5.73 Å². The smallest absolute Gasteiger partial charge is 0.243 e. The van der Waals surface area contributed by atoms with E-state index in [9.17, 15) is 17.6 Å². The van der Waals surface area contributed by atoms with Gasteiger partial charge in [-0.05, 0) is 24.6 Å². The van der Waals surface area contributed by atoms with Gasteiger partial charge in [0.25, 0.3) is 0 Å². The Labute approximate surface area is 122 Å². The predicted molar refractivity (Wildman–Crippen MR) is 74.3 cm³/mol. The number of rotatable bonds is 2. The lowest BCUT2D eigenvalue weighted by molar-refractivity contribution is -0.130. The van der Waals surface area contributed by atoms with E-state index < -0.39 is 15.8 Å². The minimum Gasteiger partial charge on any atom is -0.396 e. The number of benzene rings is 1. The highest BCUT2D eigenvalue weighted by atomic mass is 32.2. The van der Waals surface area contributed by atoms with Crippen molar-refractivity contribution in [1.82, 2.24) is 9.21 Å². The summed E-state index contributed by atoms with van der Waals surface area (Å²) in [7, 11) is -3.76. The van der Waals surface area contributed by atoms with E-state index in [4.69, 9.17) is 5.73 Å². The van der Waals surface area contributed by atoms with Crippen LogP contribution in [0.1, 0.15) is 12.8 Å². The van der Waals surface area contributed by atoms with Crippen molar-refractivity contribution in [3.05, 3.63) is 24.0 Å². The van der Waals surface area contributed by atoms with Crippen molar-refractivity contribution in [2.24, 2.45) is 0 Å². The largest absolute Gasteiger partial charge is 0.396 e. The zero-order valence-electron chi connectivity index (χ0n) is 11.3. The summed E-state index contributed by atoms with van der Waals surface area (Å²) in [6.45, 7) is 0.886. The van der Waals surface area contributed by atoms with E-state index in [0.717, 1.165) is 6.07 Å². The zero-order chi connectivity index (χ0) is 15.2. The number of hydrogen-bond donors (Lipinski definition) is 1. The fourth-order valence-corrected chi connectivity index (χ4v) is 4.35. The zero-order valence-corrected chi connectivity index (χ0v) is 12.1. The highest BCUT2D eigenvalue weighted by Crippen LogP contribution is 2.27. The van der Waals surface area contributed by atoms with Gasteiger partial charge in [-0.25, -0.2) is 12.8 Å². The van der Waals surface area contributed by atoms with Crippen LogP contribution >= 0.6 is 0 Å². The minimum absolute atomic E-state index is 0.0698. The number of nitrogens with two attached hydrogens (primary N) is 1. The summed E-state index contributed by atoms with van der Waals surface area (Å²) >= 11 is 0. The van der Waals surface area contributed by atoms with Crippen molar-refractivity contribution in [1.29, 1.82) is 0 Å². The number of carbonyl (C=O) groups excluding carboxylic acids is 1. The highest BCUT2D eigenvalue weighted by molar-refractivity contribution is 7.89. The molecule has 6 nitrogen and oxygen atoms in total. The number of hydrogen-bond acceptors (Lipinski definition) is 4. The topological polar surface area (TPSA) is 83.7 Å². The number of nitrogens with zero attached hydrogens (tertiary/aromatic N) is 2. The van der Waals surface area contributed by atoms with Crippen LogP contribution in [0.3, 0.4) is 0 Å². The molecule has 0 aliphatic carbocycles. The maximum absolute atomic E-state index is 13.5. The molecule has 3 rings (SSSR count). The number of halogens is 1. The standard InChI is InChI=1S/C13H16FN3O3S/c14-11-7-10(2-3-12(11)15)21(19,20)16-5-6-17-9(8-16)1-4-13(17)18/h2-3,7,9H,1,4-6,8,15H2. The molecule has 2 saturated heterocycles. The van der Waals surface area contributed by atoms with Crippen LogP contribution in [0.5, 0.6) is 0 Å². The van der Waals surface area contributed by atoms with Gasteiger partial charge in [-0.15, -0.1) is 0 Å². The number of fused-ring (bicyclic) bond motifs is 1. The third kappa shape index (κ3) is 2.38. The fourth-order valence-electron chi connectivity index (χ4n) is 2.87. The molecule has 0 aromatic heterocycles. The molecular weight excluding hydrogens is 297 g/mol. The van der Waals surface area contributed by atoms with E-state index in [1.807, 2.05) is 0 Å². The van der Waals surface area contributed by atoms with Crippen molar-refractivity contribution in [3.8, 4) is 0 Å². The van der Waals surface area contributed by atoms with Gasteiger partial charge in [0.05, 0.1) is 10.6 Å². The number of carbonyl (C=O) groups is 1. The Bertz CT molecular complexity index is 692. The summed E-state index contributed by atoms with van der Waals surface area (Å²) in [5.74, 6) is -0.665. The molecule has 8 heteroatoms. The molecule has 2 fully saturated rings. The molecule has 1 atom stereocenters. The molecule has 1 aromatic rings. The quantitative estimate of drug-likeness (QED) is 0.801. The number of piperazine rings is 1. The summed E-state index contributed by atoms with van der Waals surface area (Å²) < 4.78 is 39.9. The molecule has 114 valence electrons. The number of sulfonamides is 1. The Morgan fingerprint density at radius 2 is 2.05 bits per heavy atom. The van der Waals surface area contributed by atoms with Crippen molar-refractivity contribution < 1.29 is 17.6 Å². The first kappa shape index (κ1) is 14.3. The van der Waals surface area contributed by atoms with Gasteiger partial charge in [-0.2, -0.15) is 4.31 Å². The lowest BCUT2D eigenvalue weighted by Crippen LogP contribution is -2.53. The van der Waals surface area contributed by atoms with E-state index in [0.29, 0.717) is 19.4 Å². The molecule has 0 saturated carbocycles. The van der Waals surface area contributed by atoms with Gasteiger partial charge in [0, 0.05) is 32.1 Å².